The quantitative estimate of drug-likeness (QED) is 0.604. The molecule has 3 aliphatic rings. The van der Waals surface area contributed by atoms with Crippen LogP contribution < -0.4 is 10.6 Å². The van der Waals surface area contributed by atoms with Gasteiger partial charge in [0, 0.05) is 20.6 Å². The molecule has 10 nitrogen and oxygen atoms in total. The number of amidine groups is 2. The van der Waals surface area contributed by atoms with Gasteiger partial charge in [-0.25, -0.2) is 4.21 Å². The van der Waals surface area contributed by atoms with Gasteiger partial charge >= 0.3 is 0 Å². The second-order valence-corrected chi connectivity index (χ2v) is 7.82. The fourth-order valence-corrected chi connectivity index (χ4v) is 3.71. The fourth-order valence-electron chi connectivity index (χ4n) is 3.07. The summed E-state index contributed by atoms with van der Waals surface area (Å²) in [7, 11) is 3.19. The molecule has 1 atom stereocenters. The molecule has 1 fully saturated rings. The summed E-state index contributed by atoms with van der Waals surface area (Å²) >= 11 is -1.79. The molecule has 0 saturated carbocycles. The van der Waals surface area contributed by atoms with Gasteiger partial charge in [0.25, 0.3) is 17.1 Å². The molecule has 0 aromatic heterocycles. The summed E-state index contributed by atoms with van der Waals surface area (Å²) in [5.41, 5.74) is 1.33. The number of hydrogen-bond donors (Lipinski definition) is 3. The van der Waals surface area contributed by atoms with E-state index in [0.29, 0.717) is 18.7 Å². The van der Waals surface area contributed by atoms with Crippen molar-refractivity contribution in [3.63, 3.8) is 0 Å². The number of anilines is 1. The topological polar surface area (TPSA) is 125 Å². The van der Waals surface area contributed by atoms with E-state index in [-0.39, 0.29) is 41.4 Å². The first-order valence-electron chi connectivity index (χ1n) is 9.43. The fraction of sp³-hybridized carbons (Fsp3) is 0.250. The molecule has 1 amide bonds. The predicted molar refractivity (Wildman–Crippen MR) is 117 cm³/mol. The van der Waals surface area contributed by atoms with Gasteiger partial charge in [-0.15, -0.1) is 8.80 Å². The number of nitrogens with zero attached hydrogens (tertiary/aromatic N) is 3. The van der Waals surface area contributed by atoms with E-state index in [4.69, 9.17) is 9.47 Å². The van der Waals surface area contributed by atoms with Crippen LogP contribution in [0, 0.1) is 0 Å². The summed E-state index contributed by atoms with van der Waals surface area (Å²) < 4.78 is 30.7. The van der Waals surface area contributed by atoms with Crippen LogP contribution in [-0.2, 0) is 20.6 Å². The lowest BCUT2D eigenvalue weighted by atomic mass is 10.1. The van der Waals surface area contributed by atoms with Crippen molar-refractivity contribution in [3.8, 4) is 5.75 Å². The van der Waals surface area contributed by atoms with Crippen molar-refractivity contribution in [2.24, 2.45) is 8.80 Å². The molecule has 11 heteroatoms. The average molecular weight is 443 g/mol. The van der Waals surface area contributed by atoms with E-state index in [9.17, 15) is 14.1 Å². The van der Waals surface area contributed by atoms with E-state index in [0.717, 1.165) is 11.3 Å². The zero-order valence-electron chi connectivity index (χ0n) is 16.9. The van der Waals surface area contributed by atoms with Crippen molar-refractivity contribution < 1.29 is 23.6 Å². The largest absolute Gasteiger partial charge is 0.505 e. The van der Waals surface area contributed by atoms with E-state index in [2.05, 4.69) is 19.4 Å². The number of allylic oxidation sites excluding steroid dienone is 2. The van der Waals surface area contributed by atoms with Crippen LogP contribution in [0.15, 0.2) is 62.3 Å². The molecule has 1 aliphatic carbocycles. The zero-order chi connectivity index (χ0) is 22.0. The Balaban J connectivity index is 1.47. The van der Waals surface area contributed by atoms with Crippen molar-refractivity contribution in [2.45, 2.75) is 6.42 Å². The highest BCUT2D eigenvalue weighted by Gasteiger charge is 2.23. The van der Waals surface area contributed by atoms with Gasteiger partial charge in [0.2, 0.25) is 6.79 Å². The molecule has 4 rings (SSSR count). The Labute approximate surface area is 181 Å². The van der Waals surface area contributed by atoms with E-state index >= 15 is 0 Å². The minimum absolute atomic E-state index is 0.137. The highest BCUT2D eigenvalue weighted by atomic mass is 32.2. The van der Waals surface area contributed by atoms with Crippen molar-refractivity contribution in [1.82, 2.24) is 10.2 Å². The Kier molecular flexibility index (Phi) is 5.76. The monoisotopic (exact) mass is 443 g/mol. The Morgan fingerprint density at radius 3 is 2.77 bits per heavy atom. The number of hydrogen-bond acceptors (Lipinski definition) is 7. The predicted octanol–water partition coefficient (Wildman–Crippen LogP) is 1.59. The lowest BCUT2D eigenvalue weighted by Gasteiger charge is -2.15. The van der Waals surface area contributed by atoms with Gasteiger partial charge in [-0.2, -0.15) is 0 Å². The summed E-state index contributed by atoms with van der Waals surface area (Å²) in [6.07, 6.45) is 6.51. The number of benzene rings is 1. The lowest BCUT2D eigenvalue weighted by molar-refractivity contribution is 0.0824. The number of aromatic hydroxyl groups is 1. The zero-order valence-corrected chi connectivity index (χ0v) is 17.7. The average Bonchev–Trinajstić information content (AvgIpc) is 3.27. The minimum atomic E-state index is -1.79. The minimum Gasteiger partial charge on any atom is -0.505 e. The number of amides is 1. The van der Waals surface area contributed by atoms with Crippen molar-refractivity contribution in [2.75, 3.05) is 32.7 Å². The lowest BCUT2D eigenvalue weighted by Crippen LogP contribution is -2.35. The third kappa shape index (κ3) is 4.45. The molecule has 1 aromatic rings. The van der Waals surface area contributed by atoms with Gasteiger partial charge in [-0.3, -0.25) is 4.79 Å². The first-order valence-corrected chi connectivity index (χ1v) is 10.5. The van der Waals surface area contributed by atoms with Gasteiger partial charge in [-0.1, -0.05) is 12.1 Å². The maximum atomic E-state index is 12.2. The molecule has 0 spiro atoms. The SMILES string of the molecule is CN(C)C(=O)c1cccc(NC2=NS(=O)N=C2NCC2=CCC=C3OCOC3=C2)c1O. The molecule has 1 saturated heterocycles. The van der Waals surface area contributed by atoms with Crippen LogP contribution in [0.1, 0.15) is 16.8 Å². The highest BCUT2D eigenvalue weighted by molar-refractivity contribution is 7.83. The van der Waals surface area contributed by atoms with Crippen LogP contribution in [0.5, 0.6) is 5.75 Å². The van der Waals surface area contributed by atoms with Crippen LogP contribution >= 0.6 is 0 Å². The molecule has 162 valence electrons. The molecule has 0 bridgehead atoms. The number of carbonyl (C=O) groups excluding carboxylic acids is 1. The molecule has 3 N–H and O–H groups in total. The number of fused-ring (bicyclic) bond motifs is 1. The normalized spacial score (nSPS) is 19.4. The maximum absolute atomic E-state index is 12.2. The Morgan fingerprint density at radius 2 is 1.97 bits per heavy atom. The molecule has 1 unspecified atom stereocenters. The summed E-state index contributed by atoms with van der Waals surface area (Å²) in [6, 6.07) is 4.74. The number of ether oxygens (including phenoxy) is 2. The summed E-state index contributed by atoms with van der Waals surface area (Å²) in [6.45, 7) is 0.583. The van der Waals surface area contributed by atoms with Crippen molar-refractivity contribution in [3.05, 3.63) is 59.1 Å². The van der Waals surface area contributed by atoms with Crippen LogP contribution in [-0.4, -0.2) is 59.2 Å². The number of phenols is 1. The van der Waals surface area contributed by atoms with Crippen molar-refractivity contribution in [1.29, 1.82) is 0 Å². The summed E-state index contributed by atoms with van der Waals surface area (Å²) in [5.74, 6) is 1.30. The second kappa shape index (κ2) is 8.64. The third-order valence-corrected chi connectivity index (χ3v) is 5.30. The van der Waals surface area contributed by atoms with Gasteiger partial charge in [0.1, 0.15) is 0 Å². The number of para-hydroxylation sites is 1. The number of nitrogens with one attached hydrogen (secondary N) is 2. The molecule has 31 heavy (non-hydrogen) atoms. The summed E-state index contributed by atoms with van der Waals surface area (Å²) in [4.78, 5) is 13.6. The number of carbonyl (C=O) groups is 1. The molecule has 2 aliphatic heterocycles. The standard InChI is InChI=1S/C20H21N5O5S/c1-25(2)20(27)13-6-4-7-14(17(13)26)22-19-18(23-31(28)24-19)21-10-12-5-3-8-15-16(9-12)30-11-29-15/h4-9,26H,3,10-11H2,1-2H3,(H,21,23)(H,22,24). The van der Waals surface area contributed by atoms with E-state index in [1.54, 1.807) is 26.2 Å². The van der Waals surface area contributed by atoms with Gasteiger partial charge in [0.05, 0.1) is 11.3 Å². The van der Waals surface area contributed by atoms with Gasteiger partial charge in [0.15, 0.2) is 28.9 Å². The first-order chi connectivity index (χ1) is 14.9. The molecular formula is C20H21N5O5S. The number of rotatable bonds is 4. The van der Waals surface area contributed by atoms with Crippen molar-refractivity contribution >= 4 is 34.4 Å². The van der Waals surface area contributed by atoms with Gasteiger partial charge < -0.3 is 30.1 Å². The second-order valence-electron chi connectivity index (χ2n) is 6.99. The molecule has 1 aromatic carbocycles. The van der Waals surface area contributed by atoms with Crippen LogP contribution in [0.25, 0.3) is 0 Å². The Hall–Kier alpha value is -3.60. The highest BCUT2D eigenvalue weighted by Crippen LogP contribution is 2.29. The molecule has 0 radical (unpaired) electrons. The smallest absolute Gasteiger partial charge is 0.269 e. The molecule has 2 heterocycles. The Morgan fingerprint density at radius 1 is 1.19 bits per heavy atom. The van der Waals surface area contributed by atoms with E-state index in [1.165, 1.54) is 11.0 Å². The van der Waals surface area contributed by atoms with E-state index < -0.39 is 11.2 Å². The summed E-state index contributed by atoms with van der Waals surface area (Å²) in [5, 5.41) is 16.5. The maximum Gasteiger partial charge on any atom is 0.269 e. The van der Waals surface area contributed by atoms with E-state index in [1.807, 2.05) is 18.2 Å². The van der Waals surface area contributed by atoms with Crippen LogP contribution in [0.2, 0.25) is 0 Å². The first kappa shape index (κ1) is 20.7. The molecular weight excluding hydrogens is 422 g/mol. The third-order valence-electron chi connectivity index (χ3n) is 4.62. The Bertz CT molecular complexity index is 1100. The van der Waals surface area contributed by atoms with Crippen LogP contribution in [0.3, 0.4) is 0 Å². The van der Waals surface area contributed by atoms with Crippen LogP contribution in [0.4, 0.5) is 5.69 Å². The van der Waals surface area contributed by atoms with Gasteiger partial charge in [-0.05, 0) is 36.3 Å². The number of phenolic OH excluding ortho intramolecular Hbond substituents is 1.